The van der Waals surface area contributed by atoms with Crippen LogP contribution >= 0.6 is 0 Å². The first-order chi connectivity index (χ1) is 7.17. The van der Waals surface area contributed by atoms with Gasteiger partial charge in [-0.2, -0.15) is 0 Å². The zero-order chi connectivity index (χ0) is 12.4. The molecule has 0 fully saturated rings. The first-order valence-corrected chi connectivity index (χ1v) is 5.84. The molecule has 0 radical (unpaired) electrons. The highest BCUT2D eigenvalue weighted by Crippen LogP contribution is 2.22. The zero-order valence-electron chi connectivity index (χ0n) is 11.3. The van der Waals surface area contributed by atoms with E-state index in [1.54, 1.807) is 6.39 Å². The Morgan fingerprint density at radius 1 is 1.19 bits per heavy atom. The number of hydrogen-bond acceptors (Lipinski definition) is 3. The molecule has 1 N–H and O–H groups in total. The minimum Gasteiger partial charge on any atom is -0.448 e. The third kappa shape index (κ3) is 4.79. The van der Waals surface area contributed by atoms with Crippen molar-refractivity contribution in [1.82, 2.24) is 10.3 Å². The first kappa shape index (κ1) is 13.2. The Hall–Kier alpha value is -0.830. The van der Waals surface area contributed by atoms with Gasteiger partial charge >= 0.3 is 0 Å². The van der Waals surface area contributed by atoms with E-state index in [1.807, 2.05) is 0 Å². The van der Waals surface area contributed by atoms with Gasteiger partial charge in [0.15, 0.2) is 6.39 Å². The van der Waals surface area contributed by atoms with Gasteiger partial charge in [0.05, 0.1) is 5.69 Å². The summed E-state index contributed by atoms with van der Waals surface area (Å²) in [6.07, 6.45) is 2.47. The van der Waals surface area contributed by atoms with E-state index in [1.165, 1.54) is 0 Å². The van der Waals surface area contributed by atoms with Crippen molar-refractivity contribution in [2.75, 3.05) is 0 Å². The van der Waals surface area contributed by atoms with E-state index in [0.717, 1.165) is 24.4 Å². The monoisotopic (exact) mass is 224 g/mol. The standard InChI is InChI=1S/C13H24N2O/c1-12(2,3)7-11-10(14-9-16-11)8-15-13(4,5)6/h9,15H,7-8H2,1-6H3. The molecule has 92 valence electrons. The lowest BCUT2D eigenvalue weighted by molar-refractivity contribution is 0.356. The second kappa shape index (κ2) is 4.58. The molecule has 3 nitrogen and oxygen atoms in total. The van der Waals surface area contributed by atoms with Crippen LogP contribution in [0.5, 0.6) is 0 Å². The normalized spacial score (nSPS) is 13.1. The minimum atomic E-state index is 0.109. The number of aromatic nitrogens is 1. The van der Waals surface area contributed by atoms with Gasteiger partial charge in [-0.15, -0.1) is 0 Å². The van der Waals surface area contributed by atoms with Gasteiger partial charge in [-0.05, 0) is 26.2 Å². The van der Waals surface area contributed by atoms with Crippen molar-refractivity contribution in [3.05, 3.63) is 17.8 Å². The highest BCUT2D eigenvalue weighted by atomic mass is 16.3. The van der Waals surface area contributed by atoms with E-state index in [-0.39, 0.29) is 11.0 Å². The molecule has 0 bridgehead atoms. The Labute approximate surface area is 98.6 Å². The van der Waals surface area contributed by atoms with E-state index in [2.05, 4.69) is 51.8 Å². The lowest BCUT2D eigenvalue weighted by atomic mass is 9.90. The van der Waals surface area contributed by atoms with Crippen molar-refractivity contribution >= 4 is 0 Å². The maximum Gasteiger partial charge on any atom is 0.181 e. The molecule has 0 saturated heterocycles. The molecule has 0 aliphatic rings. The van der Waals surface area contributed by atoms with Gasteiger partial charge in [0.25, 0.3) is 0 Å². The summed E-state index contributed by atoms with van der Waals surface area (Å²) in [6.45, 7) is 13.8. The molecular weight excluding hydrogens is 200 g/mol. The third-order valence-corrected chi connectivity index (χ3v) is 2.20. The summed E-state index contributed by atoms with van der Waals surface area (Å²) < 4.78 is 5.45. The molecule has 1 aromatic rings. The number of nitrogens with zero attached hydrogens (tertiary/aromatic N) is 1. The van der Waals surface area contributed by atoms with Crippen LogP contribution in [0.1, 0.15) is 53.0 Å². The first-order valence-electron chi connectivity index (χ1n) is 5.84. The molecule has 0 aromatic carbocycles. The SMILES string of the molecule is CC(C)(C)Cc1ocnc1CNC(C)(C)C. The smallest absolute Gasteiger partial charge is 0.181 e. The van der Waals surface area contributed by atoms with Crippen LogP contribution in [0.15, 0.2) is 10.8 Å². The molecule has 0 aliphatic heterocycles. The van der Waals surface area contributed by atoms with Crippen LogP contribution in [-0.4, -0.2) is 10.5 Å². The molecule has 16 heavy (non-hydrogen) atoms. The van der Waals surface area contributed by atoms with Crippen LogP contribution in [0.3, 0.4) is 0 Å². The fourth-order valence-electron chi connectivity index (χ4n) is 1.41. The van der Waals surface area contributed by atoms with Gasteiger partial charge in [0.1, 0.15) is 5.76 Å². The van der Waals surface area contributed by atoms with E-state index in [0.29, 0.717) is 0 Å². The summed E-state index contributed by atoms with van der Waals surface area (Å²) in [4.78, 5) is 4.27. The van der Waals surface area contributed by atoms with Crippen molar-refractivity contribution in [2.24, 2.45) is 5.41 Å². The van der Waals surface area contributed by atoms with Crippen LogP contribution in [-0.2, 0) is 13.0 Å². The predicted molar refractivity (Wildman–Crippen MR) is 66.3 cm³/mol. The van der Waals surface area contributed by atoms with Gasteiger partial charge in [0.2, 0.25) is 0 Å². The largest absolute Gasteiger partial charge is 0.448 e. The Morgan fingerprint density at radius 3 is 2.31 bits per heavy atom. The number of hydrogen-bond donors (Lipinski definition) is 1. The summed E-state index contributed by atoms with van der Waals surface area (Å²) in [5.41, 5.74) is 1.37. The van der Waals surface area contributed by atoms with Gasteiger partial charge in [-0.3, -0.25) is 0 Å². The maximum absolute atomic E-state index is 5.45. The molecule has 0 saturated carbocycles. The fraction of sp³-hybridized carbons (Fsp3) is 0.769. The molecule has 1 heterocycles. The summed E-state index contributed by atoms with van der Waals surface area (Å²) in [5, 5.41) is 3.43. The Balaban J connectivity index is 2.64. The van der Waals surface area contributed by atoms with E-state index in [4.69, 9.17) is 4.42 Å². The topological polar surface area (TPSA) is 38.1 Å². The molecule has 3 heteroatoms. The number of nitrogens with one attached hydrogen (secondary N) is 1. The zero-order valence-corrected chi connectivity index (χ0v) is 11.3. The maximum atomic E-state index is 5.45. The van der Waals surface area contributed by atoms with Gasteiger partial charge in [-0.25, -0.2) is 4.98 Å². The van der Waals surface area contributed by atoms with E-state index >= 15 is 0 Å². The average molecular weight is 224 g/mol. The van der Waals surface area contributed by atoms with Crippen LogP contribution in [0.2, 0.25) is 0 Å². The Kier molecular flexibility index (Phi) is 3.79. The molecule has 0 amide bonds. The predicted octanol–water partition coefficient (Wildman–Crippen LogP) is 3.15. The van der Waals surface area contributed by atoms with Crippen LogP contribution in [0, 0.1) is 5.41 Å². The minimum absolute atomic E-state index is 0.109. The van der Waals surface area contributed by atoms with Crippen LogP contribution < -0.4 is 5.32 Å². The number of oxazole rings is 1. The summed E-state index contributed by atoms with van der Waals surface area (Å²) in [7, 11) is 0. The second-order valence-electron chi connectivity index (χ2n) is 6.56. The van der Waals surface area contributed by atoms with Crippen molar-refractivity contribution in [3.63, 3.8) is 0 Å². The van der Waals surface area contributed by atoms with Crippen molar-refractivity contribution < 1.29 is 4.42 Å². The van der Waals surface area contributed by atoms with Gasteiger partial charge in [-0.1, -0.05) is 20.8 Å². The highest BCUT2D eigenvalue weighted by Gasteiger charge is 2.18. The van der Waals surface area contributed by atoms with Crippen molar-refractivity contribution in [2.45, 2.75) is 60.0 Å². The van der Waals surface area contributed by atoms with Crippen molar-refractivity contribution in [1.29, 1.82) is 0 Å². The quantitative estimate of drug-likeness (QED) is 0.857. The van der Waals surface area contributed by atoms with Crippen molar-refractivity contribution in [3.8, 4) is 0 Å². The molecule has 1 aromatic heterocycles. The molecule has 0 atom stereocenters. The summed E-state index contributed by atoms with van der Waals surface area (Å²) >= 11 is 0. The lowest BCUT2D eigenvalue weighted by Crippen LogP contribution is -2.35. The van der Waals surface area contributed by atoms with Gasteiger partial charge < -0.3 is 9.73 Å². The van der Waals surface area contributed by atoms with Crippen LogP contribution in [0.25, 0.3) is 0 Å². The lowest BCUT2D eigenvalue weighted by Gasteiger charge is -2.21. The third-order valence-electron chi connectivity index (χ3n) is 2.20. The summed E-state index contributed by atoms with van der Waals surface area (Å²) in [5.74, 6) is 1.00. The van der Waals surface area contributed by atoms with E-state index in [9.17, 15) is 0 Å². The summed E-state index contributed by atoms with van der Waals surface area (Å²) in [6, 6.07) is 0. The van der Waals surface area contributed by atoms with Gasteiger partial charge in [0, 0.05) is 18.5 Å². The van der Waals surface area contributed by atoms with E-state index < -0.39 is 0 Å². The van der Waals surface area contributed by atoms with Crippen LogP contribution in [0.4, 0.5) is 0 Å². The number of rotatable bonds is 3. The molecular formula is C13H24N2O. The second-order valence-corrected chi connectivity index (χ2v) is 6.56. The molecule has 0 unspecified atom stereocenters. The molecule has 1 rings (SSSR count). The highest BCUT2D eigenvalue weighted by molar-refractivity contribution is 5.09. The molecule has 0 aliphatic carbocycles. The molecule has 0 spiro atoms. The average Bonchev–Trinajstić information content (AvgIpc) is 2.44. The Bertz CT molecular complexity index is 328. The Morgan fingerprint density at radius 2 is 1.81 bits per heavy atom. The fourth-order valence-corrected chi connectivity index (χ4v) is 1.41.